The maximum atomic E-state index is 3.97. The number of tetrazole rings is 1. The molecule has 1 saturated heterocycles. The van der Waals surface area contributed by atoms with Crippen molar-refractivity contribution in [3.8, 4) is 0 Å². The van der Waals surface area contributed by atoms with Gasteiger partial charge in [0.2, 0.25) is 5.16 Å². The molecule has 0 spiro atoms. The molecule has 1 aromatic carbocycles. The Morgan fingerprint density at radius 3 is 2.95 bits per heavy atom. The molecule has 1 fully saturated rings. The van der Waals surface area contributed by atoms with Crippen LogP contribution in [0.15, 0.2) is 35.5 Å². The van der Waals surface area contributed by atoms with Gasteiger partial charge in [0.1, 0.15) is 0 Å². The highest BCUT2D eigenvalue weighted by atomic mass is 32.2. The van der Waals surface area contributed by atoms with Crippen LogP contribution in [0.1, 0.15) is 12.0 Å². The third-order valence-corrected chi connectivity index (χ3v) is 4.88. The summed E-state index contributed by atoms with van der Waals surface area (Å²) < 4.78 is 1.71. The summed E-state index contributed by atoms with van der Waals surface area (Å²) in [6, 6.07) is 11.3. The highest BCUT2D eigenvalue weighted by molar-refractivity contribution is 7.99. The molecule has 0 amide bonds. The molecule has 2 heterocycles. The first-order valence-corrected chi connectivity index (χ1v) is 8.64. The number of aryl methyl sites for hydroxylation is 1. The summed E-state index contributed by atoms with van der Waals surface area (Å²) in [5.41, 5.74) is 1.40. The topological polar surface area (TPSA) is 58.9 Å². The molecule has 0 saturated carbocycles. The highest BCUT2D eigenvalue weighted by Gasteiger charge is 2.21. The van der Waals surface area contributed by atoms with Crippen LogP contribution in [0.3, 0.4) is 0 Å². The Balaban J connectivity index is 1.34. The lowest BCUT2D eigenvalue weighted by atomic mass is 10.2. The highest BCUT2D eigenvalue weighted by Crippen LogP contribution is 2.14. The quantitative estimate of drug-likeness (QED) is 0.611. The summed E-state index contributed by atoms with van der Waals surface area (Å²) >= 11 is 1.69. The van der Waals surface area contributed by atoms with E-state index in [9.17, 15) is 0 Å². The van der Waals surface area contributed by atoms with Gasteiger partial charge in [-0.05, 0) is 22.4 Å². The zero-order valence-electron chi connectivity index (χ0n) is 12.9. The fraction of sp³-hybridized carbons (Fsp3) is 0.533. The lowest BCUT2D eigenvalue weighted by Gasteiger charge is -2.16. The standard InChI is InChI=1S/C15H22N6S/c1-20-15(17-18-19-20)22-10-8-16-14-7-9-21(12-14)11-13-5-3-2-4-6-13/h2-6,14,16H,7-12H2,1H3/t14-/m1/s1. The van der Waals surface area contributed by atoms with Crippen LogP contribution in [0.5, 0.6) is 0 Å². The van der Waals surface area contributed by atoms with Crippen molar-refractivity contribution in [1.82, 2.24) is 30.4 Å². The van der Waals surface area contributed by atoms with E-state index < -0.39 is 0 Å². The monoisotopic (exact) mass is 318 g/mol. The van der Waals surface area contributed by atoms with Crippen molar-refractivity contribution in [2.24, 2.45) is 7.05 Å². The molecule has 0 bridgehead atoms. The first-order valence-electron chi connectivity index (χ1n) is 7.66. The van der Waals surface area contributed by atoms with E-state index in [1.807, 2.05) is 7.05 Å². The molecular weight excluding hydrogens is 296 g/mol. The summed E-state index contributed by atoms with van der Waals surface area (Å²) in [5, 5.41) is 16.0. The Kier molecular flexibility index (Phi) is 5.42. The number of hydrogen-bond acceptors (Lipinski definition) is 6. The molecule has 1 atom stereocenters. The van der Waals surface area contributed by atoms with Gasteiger partial charge in [0.25, 0.3) is 0 Å². The number of nitrogens with zero attached hydrogens (tertiary/aromatic N) is 5. The SMILES string of the molecule is Cn1nnnc1SCCN[C@@H]1CCN(Cc2ccccc2)C1. The molecule has 6 nitrogen and oxygen atoms in total. The lowest BCUT2D eigenvalue weighted by molar-refractivity contribution is 0.321. The predicted octanol–water partition coefficient (Wildman–Crippen LogP) is 1.17. The second kappa shape index (κ2) is 7.71. The number of benzene rings is 1. The second-order valence-electron chi connectivity index (χ2n) is 5.59. The third kappa shape index (κ3) is 4.28. The van der Waals surface area contributed by atoms with E-state index in [0.717, 1.165) is 30.5 Å². The molecule has 0 unspecified atom stereocenters. The second-order valence-corrected chi connectivity index (χ2v) is 6.66. The summed E-state index contributed by atoms with van der Waals surface area (Å²) in [7, 11) is 1.87. The number of nitrogens with one attached hydrogen (secondary N) is 1. The zero-order chi connectivity index (χ0) is 15.2. The van der Waals surface area contributed by atoms with Crippen molar-refractivity contribution in [2.75, 3.05) is 25.4 Å². The van der Waals surface area contributed by atoms with Crippen LogP contribution in [0.25, 0.3) is 0 Å². The van der Waals surface area contributed by atoms with Crippen molar-refractivity contribution in [1.29, 1.82) is 0 Å². The van der Waals surface area contributed by atoms with E-state index in [4.69, 9.17) is 0 Å². The van der Waals surface area contributed by atoms with Gasteiger partial charge >= 0.3 is 0 Å². The number of aromatic nitrogens is 4. The van der Waals surface area contributed by atoms with Crippen LogP contribution in [-0.4, -0.2) is 56.5 Å². The molecule has 1 aliphatic heterocycles. The Morgan fingerprint density at radius 2 is 2.18 bits per heavy atom. The summed E-state index contributed by atoms with van der Waals surface area (Å²) in [5.74, 6) is 0.989. The summed E-state index contributed by atoms with van der Waals surface area (Å²) in [6.45, 7) is 4.34. The first-order chi connectivity index (χ1) is 10.8. The average Bonchev–Trinajstić information content (AvgIpc) is 3.14. The summed E-state index contributed by atoms with van der Waals surface area (Å²) in [6.07, 6.45) is 1.23. The van der Waals surface area contributed by atoms with Gasteiger partial charge in [0.15, 0.2) is 0 Å². The van der Waals surface area contributed by atoms with Gasteiger partial charge in [-0.3, -0.25) is 4.90 Å². The molecule has 118 valence electrons. The Morgan fingerprint density at radius 1 is 1.32 bits per heavy atom. The molecule has 2 aromatic rings. The van der Waals surface area contributed by atoms with E-state index in [0.29, 0.717) is 6.04 Å². The fourth-order valence-corrected chi connectivity index (χ4v) is 3.45. The van der Waals surface area contributed by atoms with E-state index in [2.05, 4.69) is 56.1 Å². The Hall–Kier alpha value is -1.44. The molecule has 7 heteroatoms. The van der Waals surface area contributed by atoms with Gasteiger partial charge < -0.3 is 5.32 Å². The van der Waals surface area contributed by atoms with Gasteiger partial charge in [0, 0.05) is 45.0 Å². The van der Waals surface area contributed by atoms with E-state index in [1.165, 1.54) is 18.5 Å². The molecule has 1 aliphatic rings. The van der Waals surface area contributed by atoms with Crippen LogP contribution in [0, 0.1) is 0 Å². The van der Waals surface area contributed by atoms with Gasteiger partial charge in [-0.1, -0.05) is 42.1 Å². The minimum absolute atomic E-state index is 0.599. The molecule has 22 heavy (non-hydrogen) atoms. The van der Waals surface area contributed by atoms with Gasteiger partial charge in [0.05, 0.1) is 0 Å². The number of likely N-dealkylation sites (tertiary alicyclic amines) is 1. The predicted molar refractivity (Wildman–Crippen MR) is 87.6 cm³/mol. The molecule has 3 rings (SSSR count). The number of hydrogen-bond donors (Lipinski definition) is 1. The number of thioether (sulfide) groups is 1. The normalized spacial score (nSPS) is 18.9. The van der Waals surface area contributed by atoms with Crippen molar-refractivity contribution >= 4 is 11.8 Å². The van der Waals surface area contributed by atoms with Gasteiger partial charge in [-0.2, -0.15) is 0 Å². The smallest absolute Gasteiger partial charge is 0.209 e. The number of rotatable bonds is 7. The Bertz CT molecular complexity index is 572. The van der Waals surface area contributed by atoms with Crippen LogP contribution in [-0.2, 0) is 13.6 Å². The van der Waals surface area contributed by atoms with E-state index in [1.54, 1.807) is 16.4 Å². The molecule has 1 N–H and O–H groups in total. The third-order valence-electron chi connectivity index (χ3n) is 3.87. The van der Waals surface area contributed by atoms with Crippen LogP contribution in [0.4, 0.5) is 0 Å². The maximum Gasteiger partial charge on any atom is 0.209 e. The van der Waals surface area contributed by atoms with Gasteiger partial charge in [-0.15, -0.1) is 5.10 Å². The van der Waals surface area contributed by atoms with Crippen LogP contribution >= 0.6 is 11.8 Å². The maximum absolute atomic E-state index is 3.97. The first kappa shape index (κ1) is 15.5. The van der Waals surface area contributed by atoms with Crippen molar-refractivity contribution in [3.63, 3.8) is 0 Å². The van der Waals surface area contributed by atoms with Crippen molar-refractivity contribution < 1.29 is 0 Å². The summed E-state index contributed by atoms with van der Waals surface area (Å²) in [4.78, 5) is 2.52. The zero-order valence-corrected chi connectivity index (χ0v) is 13.7. The molecular formula is C15H22N6S. The Labute approximate surface area is 135 Å². The average molecular weight is 318 g/mol. The molecule has 0 radical (unpaired) electrons. The largest absolute Gasteiger partial charge is 0.312 e. The fourth-order valence-electron chi connectivity index (χ4n) is 2.73. The van der Waals surface area contributed by atoms with E-state index in [-0.39, 0.29) is 0 Å². The van der Waals surface area contributed by atoms with Gasteiger partial charge in [-0.25, -0.2) is 4.68 Å². The van der Waals surface area contributed by atoms with E-state index >= 15 is 0 Å². The van der Waals surface area contributed by atoms with Crippen molar-refractivity contribution in [3.05, 3.63) is 35.9 Å². The van der Waals surface area contributed by atoms with Crippen LogP contribution < -0.4 is 5.32 Å². The minimum Gasteiger partial charge on any atom is -0.312 e. The molecule has 0 aliphatic carbocycles. The van der Waals surface area contributed by atoms with Crippen LogP contribution in [0.2, 0.25) is 0 Å². The lowest BCUT2D eigenvalue weighted by Crippen LogP contribution is -2.33. The minimum atomic E-state index is 0.599. The molecule has 1 aromatic heterocycles. The van der Waals surface area contributed by atoms with Crippen molar-refractivity contribution in [2.45, 2.75) is 24.2 Å².